The third kappa shape index (κ3) is 2.77. The molecule has 1 aromatic rings. The molecule has 0 aliphatic heterocycles. The summed E-state index contributed by atoms with van der Waals surface area (Å²) in [6, 6.07) is 5.04. The van der Waals surface area contributed by atoms with Gasteiger partial charge < -0.3 is 5.32 Å². The van der Waals surface area contributed by atoms with Crippen molar-refractivity contribution in [3.63, 3.8) is 0 Å². The van der Waals surface area contributed by atoms with Crippen molar-refractivity contribution in [1.82, 2.24) is 0 Å². The topological polar surface area (TPSA) is 12.0 Å². The summed E-state index contributed by atoms with van der Waals surface area (Å²) in [4.78, 5) is 0. The lowest BCUT2D eigenvalue weighted by Crippen LogP contribution is -2.01. The minimum absolute atomic E-state index is 0.144. The van der Waals surface area contributed by atoms with Crippen LogP contribution < -0.4 is 5.32 Å². The second-order valence-electron chi connectivity index (χ2n) is 3.04. The van der Waals surface area contributed by atoms with Crippen LogP contribution in [-0.2, 0) is 6.42 Å². The van der Waals surface area contributed by atoms with Gasteiger partial charge in [-0.15, -0.1) is 12.3 Å². The molecule has 1 N–H and O–H groups in total. The van der Waals surface area contributed by atoms with Crippen molar-refractivity contribution in [2.24, 2.45) is 0 Å². The van der Waals surface area contributed by atoms with E-state index >= 15 is 0 Å². The Morgan fingerprint density at radius 2 is 2.29 bits per heavy atom. The van der Waals surface area contributed by atoms with Gasteiger partial charge in [-0.25, -0.2) is 4.39 Å². The quantitative estimate of drug-likeness (QED) is 0.570. The van der Waals surface area contributed by atoms with E-state index in [1.165, 1.54) is 6.07 Å². The average Bonchev–Trinajstić information content (AvgIpc) is 2.21. The summed E-state index contributed by atoms with van der Waals surface area (Å²) in [6.45, 7) is 2.66. The molecule has 0 saturated heterocycles. The van der Waals surface area contributed by atoms with E-state index in [9.17, 15) is 4.39 Å². The Hall–Kier alpha value is -1.49. The first-order valence-electron chi connectivity index (χ1n) is 4.73. The molecule has 0 bridgehead atoms. The Kier molecular flexibility index (Phi) is 4.00. The monoisotopic (exact) mass is 191 g/mol. The van der Waals surface area contributed by atoms with E-state index in [0.29, 0.717) is 12.8 Å². The van der Waals surface area contributed by atoms with Crippen molar-refractivity contribution in [2.45, 2.75) is 19.8 Å². The van der Waals surface area contributed by atoms with Crippen LogP contribution in [-0.4, -0.2) is 6.54 Å². The van der Waals surface area contributed by atoms with Crippen molar-refractivity contribution in [1.29, 1.82) is 0 Å². The van der Waals surface area contributed by atoms with Crippen LogP contribution in [0.2, 0.25) is 0 Å². The highest BCUT2D eigenvalue weighted by atomic mass is 19.1. The molecule has 74 valence electrons. The fourth-order valence-electron chi connectivity index (χ4n) is 1.23. The number of benzene rings is 1. The van der Waals surface area contributed by atoms with Crippen LogP contribution in [0.25, 0.3) is 0 Å². The van der Waals surface area contributed by atoms with E-state index in [1.807, 2.05) is 13.0 Å². The number of terminal acetylenes is 1. The minimum Gasteiger partial charge on any atom is -0.384 e. The van der Waals surface area contributed by atoms with Gasteiger partial charge in [0.05, 0.1) is 0 Å². The van der Waals surface area contributed by atoms with Crippen LogP contribution in [0, 0.1) is 18.2 Å². The van der Waals surface area contributed by atoms with Crippen molar-refractivity contribution in [3.8, 4) is 12.3 Å². The molecule has 1 aromatic carbocycles. The third-order valence-corrected chi connectivity index (χ3v) is 2.03. The van der Waals surface area contributed by atoms with Gasteiger partial charge in [-0.3, -0.25) is 0 Å². The van der Waals surface area contributed by atoms with E-state index < -0.39 is 0 Å². The summed E-state index contributed by atoms with van der Waals surface area (Å²) < 4.78 is 13.1. The van der Waals surface area contributed by atoms with Gasteiger partial charge in [-0.05, 0) is 30.2 Å². The van der Waals surface area contributed by atoms with Gasteiger partial charge in [0, 0.05) is 18.7 Å². The smallest absolute Gasteiger partial charge is 0.126 e. The molecule has 0 aliphatic carbocycles. The van der Waals surface area contributed by atoms with Gasteiger partial charge in [0.2, 0.25) is 0 Å². The molecule has 0 fully saturated rings. The highest BCUT2D eigenvalue weighted by Crippen LogP contribution is 2.14. The fraction of sp³-hybridized carbons (Fsp3) is 0.333. The molecular formula is C12H14FN. The van der Waals surface area contributed by atoms with Crippen molar-refractivity contribution >= 4 is 5.69 Å². The molecule has 2 heteroatoms. The highest BCUT2D eigenvalue weighted by molar-refractivity contribution is 5.46. The molecule has 0 aromatic heterocycles. The van der Waals surface area contributed by atoms with Gasteiger partial charge >= 0.3 is 0 Å². The Balaban J connectivity index is 2.65. The summed E-state index contributed by atoms with van der Waals surface area (Å²) in [5, 5.41) is 3.14. The molecule has 1 rings (SSSR count). The molecule has 0 atom stereocenters. The summed E-state index contributed by atoms with van der Waals surface area (Å²) >= 11 is 0. The molecule has 14 heavy (non-hydrogen) atoms. The molecule has 1 nitrogen and oxygen atoms in total. The van der Waals surface area contributed by atoms with Crippen molar-refractivity contribution in [2.75, 3.05) is 11.9 Å². The zero-order valence-electron chi connectivity index (χ0n) is 8.31. The maximum atomic E-state index is 13.1. The standard InChI is InChI=1S/C12H14FN/c1-3-5-8-14-11-6-7-12(13)10(4-2)9-11/h1,6-7,9,14H,4-5,8H2,2H3. The Morgan fingerprint density at radius 1 is 1.50 bits per heavy atom. The summed E-state index contributed by atoms with van der Waals surface area (Å²) in [5.74, 6) is 2.40. The Morgan fingerprint density at radius 3 is 2.93 bits per heavy atom. The molecule has 0 aliphatic rings. The number of anilines is 1. The third-order valence-electron chi connectivity index (χ3n) is 2.03. The lowest BCUT2D eigenvalue weighted by molar-refractivity contribution is 0.612. The minimum atomic E-state index is -0.144. The normalized spacial score (nSPS) is 9.50. The van der Waals surface area contributed by atoms with Crippen molar-refractivity contribution < 1.29 is 4.39 Å². The summed E-state index contributed by atoms with van der Waals surface area (Å²) in [6.07, 6.45) is 6.51. The maximum absolute atomic E-state index is 13.1. The van der Waals surface area contributed by atoms with Crippen LogP contribution in [0.3, 0.4) is 0 Å². The first kappa shape index (κ1) is 10.6. The van der Waals surface area contributed by atoms with Crippen LogP contribution in [0.4, 0.5) is 10.1 Å². The van der Waals surface area contributed by atoms with Crippen LogP contribution in [0.15, 0.2) is 18.2 Å². The second-order valence-corrected chi connectivity index (χ2v) is 3.04. The zero-order chi connectivity index (χ0) is 10.4. The SMILES string of the molecule is C#CCCNc1ccc(F)c(CC)c1. The number of hydrogen-bond acceptors (Lipinski definition) is 1. The number of nitrogens with one attached hydrogen (secondary N) is 1. The number of rotatable bonds is 4. The lowest BCUT2D eigenvalue weighted by Gasteiger charge is -2.06. The number of hydrogen-bond donors (Lipinski definition) is 1. The molecule has 0 spiro atoms. The lowest BCUT2D eigenvalue weighted by atomic mass is 10.1. The van der Waals surface area contributed by atoms with Gasteiger partial charge in [0.1, 0.15) is 5.82 Å². The molecule has 0 amide bonds. The maximum Gasteiger partial charge on any atom is 0.126 e. The number of aryl methyl sites for hydroxylation is 1. The molecule has 0 saturated carbocycles. The van der Waals surface area contributed by atoms with Gasteiger partial charge in [-0.2, -0.15) is 0 Å². The second kappa shape index (κ2) is 5.29. The Bertz CT molecular complexity index is 339. The Labute approximate surface area is 84.3 Å². The molecular weight excluding hydrogens is 177 g/mol. The predicted octanol–water partition coefficient (Wildman–Crippen LogP) is 2.82. The largest absolute Gasteiger partial charge is 0.384 e. The summed E-state index contributed by atoms with van der Waals surface area (Å²) in [7, 11) is 0. The van der Waals surface area contributed by atoms with Crippen molar-refractivity contribution in [3.05, 3.63) is 29.6 Å². The molecule has 0 unspecified atom stereocenters. The van der Waals surface area contributed by atoms with Gasteiger partial charge in [0.15, 0.2) is 0 Å². The predicted molar refractivity (Wildman–Crippen MR) is 57.7 cm³/mol. The van der Waals surface area contributed by atoms with Gasteiger partial charge in [-0.1, -0.05) is 6.92 Å². The zero-order valence-corrected chi connectivity index (χ0v) is 8.31. The van der Waals surface area contributed by atoms with Crippen LogP contribution >= 0.6 is 0 Å². The van der Waals surface area contributed by atoms with Crippen LogP contribution in [0.5, 0.6) is 0 Å². The van der Waals surface area contributed by atoms with Gasteiger partial charge in [0.25, 0.3) is 0 Å². The first-order valence-corrected chi connectivity index (χ1v) is 4.73. The average molecular weight is 191 g/mol. The molecule has 0 heterocycles. The van der Waals surface area contributed by atoms with E-state index in [1.54, 1.807) is 6.07 Å². The first-order chi connectivity index (χ1) is 6.77. The van der Waals surface area contributed by atoms with E-state index in [-0.39, 0.29) is 5.82 Å². The van der Waals surface area contributed by atoms with E-state index in [4.69, 9.17) is 6.42 Å². The van der Waals surface area contributed by atoms with Crippen LogP contribution in [0.1, 0.15) is 18.9 Å². The number of halogens is 1. The summed E-state index contributed by atoms with van der Waals surface area (Å²) in [5.41, 5.74) is 1.66. The van der Waals surface area contributed by atoms with E-state index in [2.05, 4.69) is 11.2 Å². The highest BCUT2D eigenvalue weighted by Gasteiger charge is 2.00. The molecule has 0 radical (unpaired) electrons. The fourth-order valence-corrected chi connectivity index (χ4v) is 1.23. The van der Waals surface area contributed by atoms with E-state index in [0.717, 1.165) is 17.8 Å².